The Morgan fingerprint density at radius 1 is 1.00 bits per heavy atom. The van der Waals surface area contributed by atoms with Crippen LogP contribution in [-0.4, -0.2) is 36.7 Å². The van der Waals surface area contributed by atoms with Crippen molar-refractivity contribution in [2.24, 2.45) is 0 Å². The molecule has 1 saturated heterocycles. The van der Waals surface area contributed by atoms with Crippen LogP contribution in [0.5, 0.6) is 11.5 Å². The van der Waals surface area contributed by atoms with Gasteiger partial charge in [-0.05, 0) is 44.4 Å². The van der Waals surface area contributed by atoms with Gasteiger partial charge in [-0.2, -0.15) is 0 Å². The smallest absolute Gasteiger partial charge is 0.196 e. The predicted octanol–water partition coefficient (Wildman–Crippen LogP) is 5.93. The first-order chi connectivity index (χ1) is 17.2. The van der Waals surface area contributed by atoms with E-state index in [1.54, 1.807) is 0 Å². The zero-order chi connectivity index (χ0) is 23.5. The molecule has 0 bridgehead atoms. The molecule has 0 spiro atoms. The number of hydrogen-bond donors (Lipinski definition) is 1. The number of aromatic nitrogens is 1. The monoisotopic (exact) mass is 467 g/mol. The molecule has 0 saturated carbocycles. The van der Waals surface area contributed by atoms with Gasteiger partial charge in [0.05, 0.1) is 22.3 Å². The van der Waals surface area contributed by atoms with Gasteiger partial charge in [-0.25, -0.2) is 0 Å². The molecule has 0 radical (unpaired) electrons. The van der Waals surface area contributed by atoms with E-state index >= 15 is 0 Å². The summed E-state index contributed by atoms with van der Waals surface area (Å²) >= 11 is 0. The fourth-order valence-electron chi connectivity index (χ4n) is 5.59. The number of benzene rings is 3. The summed E-state index contributed by atoms with van der Waals surface area (Å²) in [5.41, 5.74) is 5.33. The number of ether oxygens (including phenoxy) is 2. The number of hydrogen-bond acceptors (Lipinski definition) is 7. The van der Waals surface area contributed by atoms with Gasteiger partial charge >= 0.3 is 0 Å². The highest BCUT2D eigenvalue weighted by Crippen LogP contribution is 2.47. The standard InChI is InChI=1S/C28H25N3O4/c1-16-6-4-5-11-31(16)21-15-20(29-17-9-10-22-23(14-17)34-13-12-33-22)24-25-26(21)30-35-28(25)19-8-3-2-7-18(19)27(24)32/h2-3,7-10,14-16,29H,4-6,11-13H2,1H3/t16-/m0/s1. The van der Waals surface area contributed by atoms with Crippen LogP contribution in [0, 0.1) is 0 Å². The average molecular weight is 468 g/mol. The van der Waals surface area contributed by atoms with Crippen molar-refractivity contribution < 1.29 is 18.8 Å². The van der Waals surface area contributed by atoms with Crippen LogP contribution in [0.25, 0.3) is 22.2 Å². The van der Waals surface area contributed by atoms with E-state index in [1.807, 2.05) is 42.5 Å². The first kappa shape index (κ1) is 20.4. The van der Waals surface area contributed by atoms with Gasteiger partial charge < -0.3 is 24.2 Å². The lowest BCUT2D eigenvalue weighted by atomic mass is 9.86. The average Bonchev–Trinajstić information content (AvgIpc) is 3.33. The quantitative estimate of drug-likeness (QED) is 0.352. The maximum absolute atomic E-state index is 13.8. The third-order valence-electron chi connectivity index (χ3n) is 7.31. The molecular weight excluding hydrogens is 442 g/mol. The van der Waals surface area contributed by atoms with Gasteiger partial charge in [0.2, 0.25) is 0 Å². The Bertz CT molecular complexity index is 1490. The molecule has 0 unspecified atom stereocenters. The van der Waals surface area contributed by atoms with Crippen LogP contribution in [0.4, 0.5) is 17.1 Å². The van der Waals surface area contributed by atoms with Gasteiger partial charge in [0.15, 0.2) is 23.0 Å². The first-order valence-electron chi connectivity index (χ1n) is 12.2. The second-order valence-corrected chi connectivity index (χ2v) is 9.45. The number of ketones is 1. The normalized spacial score (nSPS) is 18.5. The minimum Gasteiger partial charge on any atom is -0.486 e. The second kappa shape index (κ2) is 7.77. The van der Waals surface area contributed by atoms with Crippen LogP contribution in [0.3, 0.4) is 0 Å². The molecule has 7 rings (SSSR count). The number of carbonyl (C=O) groups is 1. The number of anilines is 3. The van der Waals surface area contributed by atoms with E-state index in [-0.39, 0.29) is 5.78 Å². The molecule has 7 heteroatoms. The summed E-state index contributed by atoms with van der Waals surface area (Å²) in [6.07, 6.45) is 3.47. The molecule has 2 aliphatic heterocycles. The molecule has 3 aliphatic rings. The number of fused-ring (bicyclic) bond motifs is 3. The number of piperidine rings is 1. The maximum atomic E-state index is 13.8. The summed E-state index contributed by atoms with van der Waals surface area (Å²) in [5, 5.41) is 8.81. The van der Waals surface area contributed by atoms with Crippen molar-refractivity contribution in [2.75, 3.05) is 30.0 Å². The molecule has 3 aromatic carbocycles. The number of nitrogens with zero attached hydrogens (tertiary/aromatic N) is 2. The Morgan fingerprint density at radius 2 is 1.83 bits per heavy atom. The number of rotatable bonds is 3. The van der Waals surface area contributed by atoms with Crippen molar-refractivity contribution in [1.29, 1.82) is 0 Å². The van der Waals surface area contributed by atoms with Crippen molar-refractivity contribution in [3.8, 4) is 22.8 Å². The second-order valence-electron chi connectivity index (χ2n) is 9.45. The molecular formula is C28H25N3O4. The summed E-state index contributed by atoms with van der Waals surface area (Å²) in [7, 11) is 0. The third-order valence-corrected chi connectivity index (χ3v) is 7.31. The predicted molar refractivity (Wildman–Crippen MR) is 134 cm³/mol. The molecule has 3 heterocycles. The van der Waals surface area contributed by atoms with E-state index in [2.05, 4.69) is 28.4 Å². The van der Waals surface area contributed by atoms with Crippen LogP contribution in [-0.2, 0) is 0 Å². The molecule has 35 heavy (non-hydrogen) atoms. The minimum atomic E-state index is -0.0282. The molecule has 0 amide bonds. The number of nitrogens with one attached hydrogen (secondary N) is 1. The van der Waals surface area contributed by atoms with Crippen molar-refractivity contribution in [1.82, 2.24) is 5.16 Å². The molecule has 1 fully saturated rings. The van der Waals surface area contributed by atoms with Gasteiger partial charge in [-0.15, -0.1) is 0 Å². The summed E-state index contributed by atoms with van der Waals surface area (Å²) < 4.78 is 17.4. The van der Waals surface area contributed by atoms with E-state index in [0.717, 1.165) is 58.7 Å². The van der Waals surface area contributed by atoms with Gasteiger partial charge in [0.25, 0.3) is 0 Å². The SMILES string of the molecule is C[C@H]1CCCCN1c1cc(Nc2ccc3c(c2)OCCO3)c2c3c(onc13)-c1ccccc1C2=O. The zero-order valence-electron chi connectivity index (χ0n) is 19.5. The van der Waals surface area contributed by atoms with Gasteiger partial charge in [0.1, 0.15) is 18.7 Å². The lowest BCUT2D eigenvalue weighted by molar-refractivity contribution is 0.104. The summed E-state index contributed by atoms with van der Waals surface area (Å²) in [6, 6.07) is 15.8. The van der Waals surface area contributed by atoms with E-state index in [4.69, 9.17) is 14.0 Å². The van der Waals surface area contributed by atoms with Crippen LogP contribution in [0.1, 0.15) is 42.1 Å². The molecule has 4 aromatic rings. The zero-order valence-corrected chi connectivity index (χ0v) is 19.5. The van der Waals surface area contributed by atoms with E-state index in [9.17, 15) is 4.79 Å². The highest BCUT2D eigenvalue weighted by atomic mass is 16.6. The molecule has 7 nitrogen and oxygen atoms in total. The molecule has 176 valence electrons. The highest BCUT2D eigenvalue weighted by Gasteiger charge is 2.34. The van der Waals surface area contributed by atoms with E-state index in [1.165, 1.54) is 6.42 Å². The highest BCUT2D eigenvalue weighted by molar-refractivity contribution is 6.28. The maximum Gasteiger partial charge on any atom is 0.196 e. The lowest BCUT2D eigenvalue weighted by Gasteiger charge is -2.36. The third kappa shape index (κ3) is 3.11. The molecule has 1 aliphatic carbocycles. The van der Waals surface area contributed by atoms with Gasteiger partial charge in [0, 0.05) is 35.5 Å². The van der Waals surface area contributed by atoms with Crippen LogP contribution in [0.15, 0.2) is 53.1 Å². The van der Waals surface area contributed by atoms with Crippen LogP contribution in [0.2, 0.25) is 0 Å². The van der Waals surface area contributed by atoms with Crippen molar-refractivity contribution in [2.45, 2.75) is 32.2 Å². The molecule has 1 aromatic heterocycles. The largest absolute Gasteiger partial charge is 0.486 e. The van der Waals surface area contributed by atoms with Crippen LogP contribution >= 0.6 is 0 Å². The summed E-state index contributed by atoms with van der Waals surface area (Å²) in [4.78, 5) is 16.2. The molecule has 1 atom stereocenters. The number of carbonyl (C=O) groups excluding carboxylic acids is 1. The Labute approximate surface area is 202 Å². The fourth-order valence-corrected chi connectivity index (χ4v) is 5.59. The van der Waals surface area contributed by atoms with Crippen LogP contribution < -0.4 is 19.7 Å². The summed E-state index contributed by atoms with van der Waals surface area (Å²) in [6.45, 7) is 4.26. The first-order valence-corrected chi connectivity index (χ1v) is 12.2. The van der Waals surface area contributed by atoms with Gasteiger partial charge in [-0.1, -0.05) is 29.4 Å². The fraction of sp³-hybridized carbons (Fsp3) is 0.286. The topological polar surface area (TPSA) is 76.8 Å². The van der Waals surface area contributed by atoms with E-state index in [0.29, 0.717) is 41.9 Å². The Kier molecular flexibility index (Phi) is 4.52. The minimum absolute atomic E-state index is 0.0282. The Hall–Kier alpha value is -4.00. The summed E-state index contributed by atoms with van der Waals surface area (Å²) in [5.74, 6) is 2.05. The van der Waals surface area contributed by atoms with Crippen molar-refractivity contribution >= 4 is 33.7 Å². The van der Waals surface area contributed by atoms with Crippen molar-refractivity contribution in [3.05, 3.63) is 59.7 Å². The van der Waals surface area contributed by atoms with Gasteiger partial charge in [-0.3, -0.25) is 4.79 Å². The van der Waals surface area contributed by atoms with Crippen molar-refractivity contribution in [3.63, 3.8) is 0 Å². The molecule has 1 N–H and O–H groups in total. The Morgan fingerprint density at radius 3 is 2.69 bits per heavy atom. The lowest BCUT2D eigenvalue weighted by Crippen LogP contribution is -2.37. The Balaban J connectivity index is 1.44. The van der Waals surface area contributed by atoms with E-state index < -0.39 is 0 Å².